The van der Waals surface area contributed by atoms with Crippen molar-refractivity contribution in [3.8, 4) is 0 Å². The predicted molar refractivity (Wildman–Crippen MR) is 107 cm³/mol. The monoisotopic (exact) mass is 382 g/mol. The standard InChI is InChI=1S/C21H26N4O3/c1-3-17-7-5-6-14-25(17)19(26)18-12-13-22-21(24-18)23-16-10-8-15(9-11-16)20(27)28-4-2/h8-13,17H,3-7,14H2,1-2H3,(H,22,23,24). The summed E-state index contributed by atoms with van der Waals surface area (Å²) in [5.74, 6) is -0.0562. The Balaban J connectivity index is 1.71. The second kappa shape index (κ2) is 9.30. The van der Waals surface area contributed by atoms with Crippen LogP contribution in [0.2, 0.25) is 0 Å². The first-order chi connectivity index (χ1) is 13.6. The number of likely N-dealkylation sites (tertiary alicyclic amines) is 1. The SMILES string of the molecule is CCOC(=O)c1ccc(Nc2nccc(C(=O)N3CCCCC3CC)n2)cc1. The van der Waals surface area contributed by atoms with Crippen molar-refractivity contribution < 1.29 is 14.3 Å². The van der Waals surface area contributed by atoms with Crippen molar-refractivity contribution in [3.05, 3.63) is 47.8 Å². The van der Waals surface area contributed by atoms with Crippen molar-refractivity contribution >= 4 is 23.5 Å². The third-order valence-electron chi connectivity index (χ3n) is 4.89. The molecule has 3 rings (SSSR count). The minimum atomic E-state index is -0.357. The third-order valence-corrected chi connectivity index (χ3v) is 4.89. The van der Waals surface area contributed by atoms with E-state index in [1.165, 1.54) is 6.42 Å². The molecule has 1 fully saturated rings. The van der Waals surface area contributed by atoms with Crippen LogP contribution in [0.4, 0.5) is 11.6 Å². The number of esters is 1. The summed E-state index contributed by atoms with van der Waals surface area (Å²) in [5.41, 5.74) is 1.59. The number of hydrogen-bond acceptors (Lipinski definition) is 6. The number of rotatable bonds is 6. The summed E-state index contributed by atoms with van der Waals surface area (Å²) >= 11 is 0. The second-order valence-corrected chi connectivity index (χ2v) is 6.74. The molecule has 1 aromatic carbocycles. The van der Waals surface area contributed by atoms with Crippen molar-refractivity contribution in [2.75, 3.05) is 18.5 Å². The smallest absolute Gasteiger partial charge is 0.338 e. The van der Waals surface area contributed by atoms with Gasteiger partial charge in [0, 0.05) is 24.5 Å². The molecule has 2 heterocycles. The zero-order valence-electron chi connectivity index (χ0n) is 16.4. The molecule has 0 bridgehead atoms. The number of hydrogen-bond donors (Lipinski definition) is 1. The first kappa shape index (κ1) is 19.8. The molecule has 1 aromatic heterocycles. The highest BCUT2D eigenvalue weighted by atomic mass is 16.5. The van der Waals surface area contributed by atoms with E-state index in [0.717, 1.165) is 31.5 Å². The summed E-state index contributed by atoms with van der Waals surface area (Å²) in [6.07, 6.45) is 5.78. The van der Waals surface area contributed by atoms with Crippen LogP contribution in [0.1, 0.15) is 60.4 Å². The molecule has 148 valence electrons. The molecule has 7 heteroatoms. The van der Waals surface area contributed by atoms with Gasteiger partial charge in [0.15, 0.2) is 0 Å². The molecule has 28 heavy (non-hydrogen) atoms. The van der Waals surface area contributed by atoms with Gasteiger partial charge in [-0.25, -0.2) is 14.8 Å². The number of carbonyl (C=O) groups is 2. The zero-order chi connectivity index (χ0) is 19.9. The minimum absolute atomic E-state index is 0.0466. The van der Waals surface area contributed by atoms with Gasteiger partial charge in [0.25, 0.3) is 5.91 Å². The van der Waals surface area contributed by atoms with Gasteiger partial charge in [-0.15, -0.1) is 0 Å². The quantitative estimate of drug-likeness (QED) is 0.765. The van der Waals surface area contributed by atoms with Crippen molar-refractivity contribution in [1.29, 1.82) is 0 Å². The van der Waals surface area contributed by atoms with E-state index >= 15 is 0 Å². The first-order valence-electron chi connectivity index (χ1n) is 9.80. The van der Waals surface area contributed by atoms with Crippen LogP contribution >= 0.6 is 0 Å². The Morgan fingerprint density at radius 1 is 1.18 bits per heavy atom. The Bertz CT molecular complexity index is 823. The summed E-state index contributed by atoms with van der Waals surface area (Å²) in [4.78, 5) is 35.2. The lowest BCUT2D eigenvalue weighted by Crippen LogP contribution is -2.43. The van der Waals surface area contributed by atoms with Crippen LogP contribution in [-0.4, -0.2) is 45.9 Å². The first-order valence-corrected chi connectivity index (χ1v) is 9.80. The van der Waals surface area contributed by atoms with Gasteiger partial charge in [-0.05, 0) is 62.9 Å². The predicted octanol–water partition coefficient (Wildman–Crippen LogP) is 3.80. The Hall–Kier alpha value is -2.96. The Morgan fingerprint density at radius 2 is 1.96 bits per heavy atom. The van der Waals surface area contributed by atoms with Crippen molar-refractivity contribution in [2.45, 2.75) is 45.6 Å². The van der Waals surface area contributed by atoms with Gasteiger partial charge in [0.05, 0.1) is 12.2 Å². The number of aromatic nitrogens is 2. The number of carbonyl (C=O) groups excluding carboxylic acids is 2. The summed E-state index contributed by atoms with van der Waals surface area (Å²) in [6.45, 7) is 5.00. The highest BCUT2D eigenvalue weighted by molar-refractivity contribution is 5.93. The van der Waals surface area contributed by atoms with E-state index in [9.17, 15) is 9.59 Å². The van der Waals surface area contributed by atoms with Gasteiger partial charge in [-0.2, -0.15) is 0 Å². The van der Waals surface area contributed by atoms with Crippen LogP contribution in [0.5, 0.6) is 0 Å². The molecular weight excluding hydrogens is 356 g/mol. The Morgan fingerprint density at radius 3 is 2.68 bits per heavy atom. The van der Waals surface area contributed by atoms with Crippen LogP contribution in [0.25, 0.3) is 0 Å². The normalized spacial score (nSPS) is 16.5. The van der Waals surface area contributed by atoms with E-state index in [1.54, 1.807) is 43.5 Å². The fourth-order valence-corrected chi connectivity index (χ4v) is 3.41. The van der Waals surface area contributed by atoms with Gasteiger partial charge in [-0.1, -0.05) is 6.92 Å². The largest absolute Gasteiger partial charge is 0.462 e. The van der Waals surface area contributed by atoms with Gasteiger partial charge in [0.1, 0.15) is 5.69 Å². The van der Waals surface area contributed by atoms with Crippen molar-refractivity contribution in [2.24, 2.45) is 0 Å². The molecule has 0 saturated carbocycles. The molecule has 1 amide bonds. The van der Waals surface area contributed by atoms with Crippen LogP contribution < -0.4 is 5.32 Å². The average molecular weight is 382 g/mol. The molecule has 1 aliphatic rings. The second-order valence-electron chi connectivity index (χ2n) is 6.74. The maximum atomic E-state index is 12.9. The van der Waals surface area contributed by atoms with E-state index in [2.05, 4.69) is 22.2 Å². The summed E-state index contributed by atoms with van der Waals surface area (Å²) < 4.78 is 4.98. The van der Waals surface area contributed by atoms with Crippen LogP contribution in [-0.2, 0) is 4.74 Å². The van der Waals surface area contributed by atoms with E-state index in [0.29, 0.717) is 23.8 Å². The topological polar surface area (TPSA) is 84.4 Å². The number of nitrogens with one attached hydrogen (secondary N) is 1. The van der Waals surface area contributed by atoms with Crippen LogP contribution in [0, 0.1) is 0 Å². The highest BCUT2D eigenvalue weighted by Crippen LogP contribution is 2.22. The molecule has 0 spiro atoms. The summed E-state index contributed by atoms with van der Waals surface area (Å²) in [6, 6.07) is 8.79. The summed E-state index contributed by atoms with van der Waals surface area (Å²) in [5, 5.41) is 3.08. The molecule has 1 atom stereocenters. The highest BCUT2D eigenvalue weighted by Gasteiger charge is 2.27. The minimum Gasteiger partial charge on any atom is -0.462 e. The Labute approximate surface area is 165 Å². The molecule has 0 aliphatic carbocycles. The number of benzene rings is 1. The van der Waals surface area contributed by atoms with Crippen LogP contribution in [0.15, 0.2) is 36.5 Å². The number of piperidine rings is 1. The maximum absolute atomic E-state index is 12.9. The van der Waals surface area contributed by atoms with E-state index in [4.69, 9.17) is 4.74 Å². The van der Waals surface area contributed by atoms with Crippen molar-refractivity contribution in [3.63, 3.8) is 0 Å². The number of anilines is 2. The molecule has 1 aliphatic heterocycles. The van der Waals surface area contributed by atoms with E-state index < -0.39 is 0 Å². The molecule has 0 radical (unpaired) electrons. The van der Waals surface area contributed by atoms with E-state index in [-0.39, 0.29) is 17.9 Å². The average Bonchev–Trinajstić information content (AvgIpc) is 2.74. The number of amides is 1. The summed E-state index contributed by atoms with van der Waals surface area (Å²) in [7, 11) is 0. The lowest BCUT2D eigenvalue weighted by Gasteiger charge is -2.35. The molecule has 1 saturated heterocycles. The lowest BCUT2D eigenvalue weighted by atomic mass is 9.99. The number of ether oxygens (including phenoxy) is 1. The Kier molecular flexibility index (Phi) is 6.57. The number of nitrogens with zero attached hydrogens (tertiary/aromatic N) is 3. The van der Waals surface area contributed by atoms with Gasteiger partial charge >= 0.3 is 5.97 Å². The fraction of sp³-hybridized carbons (Fsp3) is 0.429. The van der Waals surface area contributed by atoms with E-state index in [1.807, 2.05) is 4.90 Å². The van der Waals surface area contributed by atoms with Gasteiger partial charge in [0.2, 0.25) is 5.95 Å². The third kappa shape index (κ3) is 4.65. The van der Waals surface area contributed by atoms with Crippen molar-refractivity contribution in [1.82, 2.24) is 14.9 Å². The molecular formula is C21H26N4O3. The van der Waals surface area contributed by atoms with Gasteiger partial charge < -0.3 is 15.0 Å². The van der Waals surface area contributed by atoms with Crippen LogP contribution in [0.3, 0.4) is 0 Å². The van der Waals surface area contributed by atoms with Gasteiger partial charge in [-0.3, -0.25) is 4.79 Å². The molecule has 1 N–H and O–H groups in total. The maximum Gasteiger partial charge on any atom is 0.338 e. The molecule has 7 nitrogen and oxygen atoms in total. The molecule has 1 unspecified atom stereocenters. The lowest BCUT2D eigenvalue weighted by molar-refractivity contribution is 0.0525. The fourth-order valence-electron chi connectivity index (χ4n) is 3.41. The molecule has 2 aromatic rings. The zero-order valence-corrected chi connectivity index (χ0v) is 16.4.